The van der Waals surface area contributed by atoms with Gasteiger partial charge in [-0.25, -0.2) is 0 Å². The summed E-state index contributed by atoms with van der Waals surface area (Å²) in [5, 5.41) is 0. The second-order valence-corrected chi connectivity index (χ2v) is 7.66. The van der Waals surface area contributed by atoms with E-state index < -0.39 is 0 Å². The van der Waals surface area contributed by atoms with Gasteiger partial charge in [0.15, 0.2) is 0 Å². The number of ether oxygens (including phenoxy) is 1. The lowest BCUT2D eigenvalue weighted by Gasteiger charge is -1.93. The zero-order valence-electron chi connectivity index (χ0n) is 16.2. The first-order chi connectivity index (χ1) is 11.9. The number of hydrogen-bond donors (Lipinski definition) is 0. The van der Waals surface area contributed by atoms with E-state index in [1.807, 2.05) is 0 Å². The van der Waals surface area contributed by atoms with E-state index in [1.54, 1.807) is 0 Å². The molecule has 3 rings (SSSR count). The second-order valence-electron chi connectivity index (χ2n) is 7.66. The van der Waals surface area contributed by atoms with Crippen LogP contribution in [0.2, 0.25) is 0 Å². The van der Waals surface area contributed by atoms with Crippen LogP contribution in [0.25, 0.3) is 0 Å². The summed E-state index contributed by atoms with van der Waals surface area (Å²) in [7, 11) is 0. The molecule has 2 heteroatoms. The Morgan fingerprint density at radius 3 is 0.960 bits per heavy atom. The summed E-state index contributed by atoms with van der Waals surface area (Å²) in [5.41, 5.74) is 0. The lowest BCUT2D eigenvalue weighted by molar-refractivity contribution is -0.119. The van der Waals surface area contributed by atoms with Gasteiger partial charge >= 0.3 is 0 Å². The van der Waals surface area contributed by atoms with Crippen LogP contribution >= 0.6 is 0 Å². The predicted octanol–water partition coefficient (Wildman–Crippen LogP) is 7.63. The minimum Gasteiger partial charge on any atom is -0.381 e. The fourth-order valence-corrected chi connectivity index (χ4v) is 3.58. The van der Waals surface area contributed by atoms with Gasteiger partial charge in [-0.1, -0.05) is 90.9 Å². The van der Waals surface area contributed by atoms with E-state index in [4.69, 9.17) is 4.74 Å². The molecular weight excluding hydrogens is 308 g/mol. The molecule has 0 bridgehead atoms. The number of carbonyl (C=O) groups is 1. The third-order valence-corrected chi connectivity index (χ3v) is 5.24. The van der Waals surface area contributed by atoms with Gasteiger partial charge in [0.05, 0.1) is 0 Å². The molecule has 150 valence electrons. The van der Waals surface area contributed by atoms with Crippen LogP contribution in [0.15, 0.2) is 0 Å². The van der Waals surface area contributed by atoms with Gasteiger partial charge in [0.1, 0.15) is 5.78 Å². The highest BCUT2D eigenvalue weighted by Crippen LogP contribution is 2.15. The van der Waals surface area contributed by atoms with Crippen molar-refractivity contribution in [1.29, 1.82) is 0 Å². The first-order valence-electron chi connectivity index (χ1n) is 11.0. The van der Waals surface area contributed by atoms with E-state index in [0.29, 0.717) is 5.78 Å². The molecule has 0 aromatic rings. The molecule has 1 heterocycles. The largest absolute Gasteiger partial charge is 0.381 e. The molecular formula is C23H46O2. The van der Waals surface area contributed by atoms with E-state index in [9.17, 15) is 4.79 Å². The summed E-state index contributed by atoms with van der Waals surface area (Å²) in [5.74, 6) is 0.488. The Kier molecular flexibility index (Phi) is 19.7. The molecule has 0 amide bonds. The van der Waals surface area contributed by atoms with Gasteiger partial charge in [0.25, 0.3) is 0 Å². The molecule has 25 heavy (non-hydrogen) atoms. The van der Waals surface area contributed by atoms with Gasteiger partial charge in [-0.2, -0.15) is 0 Å². The highest BCUT2D eigenvalue weighted by Gasteiger charge is 2.03. The summed E-state index contributed by atoms with van der Waals surface area (Å²) >= 11 is 0. The zero-order valence-corrected chi connectivity index (χ0v) is 16.2. The molecule has 1 saturated heterocycles. The van der Waals surface area contributed by atoms with Crippen LogP contribution in [-0.4, -0.2) is 19.0 Å². The van der Waals surface area contributed by atoms with Crippen molar-refractivity contribution in [3.63, 3.8) is 0 Å². The van der Waals surface area contributed by atoms with E-state index in [-0.39, 0.29) is 7.43 Å². The van der Waals surface area contributed by atoms with E-state index >= 15 is 0 Å². The Morgan fingerprint density at radius 1 is 0.440 bits per heavy atom. The molecule has 0 aromatic heterocycles. The first-order valence-corrected chi connectivity index (χ1v) is 11.0. The number of ketones is 1. The molecule has 0 spiro atoms. The molecule has 0 atom stereocenters. The normalized spacial score (nSPS) is 22.6. The van der Waals surface area contributed by atoms with Crippen LogP contribution in [0, 0.1) is 0 Å². The summed E-state index contributed by atoms with van der Waals surface area (Å²) in [6.07, 6.45) is 25.2. The standard InChI is InChI=1S/C9H16O.C9H18.C4H8O.CH4/c10-9-7-5-3-1-2-4-6-8-9;1-2-4-6-8-9-7-5-3-1;1-2-4-5-3-1;/h1-8H2;1-9H2;1-4H2;1H4. The maximum Gasteiger partial charge on any atom is 0.132 e. The monoisotopic (exact) mass is 354 g/mol. The van der Waals surface area contributed by atoms with E-state index in [2.05, 4.69) is 0 Å². The number of carbonyl (C=O) groups excluding carboxylic acids is 1. The molecule has 3 aliphatic rings. The van der Waals surface area contributed by atoms with Crippen molar-refractivity contribution in [3.8, 4) is 0 Å². The fraction of sp³-hybridized carbons (Fsp3) is 0.957. The number of hydrogen-bond acceptors (Lipinski definition) is 2. The molecule has 0 unspecified atom stereocenters. The van der Waals surface area contributed by atoms with Crippen molar-refractivity contribution >= 4 is 5.78 Å². The Bertz CT molecular complexity index is 223. The van der Waals surface area contributed by atoms with Crippen molar-refractivity contribution < 1.29 is 9.53 Å². The average molecular weight is 355 g/mol. The highest BCUT2D eigenvalue weighted by molar-refractivity contribution is 5.78. The SMILES string of the molecule is C.C1CCCCCCCC1.C1CCOC1.O=C1CCCCCCCC1. The third-order valence-electron chi connectivity index (χ3n) is 5.24. The van der Waals surface area contributed by atoms with E-state index in [1.165, 1.54) is 96.3 Å². The van der Waals surface area contributed by atoms with Crippen molar-refractivity contribution in [3.05, 3.63) is 0 Å². The quantitative estimate of drug-likeness (QED) is 0.447. The summed E-state index contributed by atoms with van der Waals surface area (Å²) in [6, 6.07) is 0. The summed E-state index contributed by atoms with van der Waals surface area (Å²) < 4.78 is 4.94. The first kappa shape index (κ1) is 24.6. The fourth-order valence-electron chi connectivity index (χ4n) is 3.58. The van der Waals surface area contributed by atoms with Crippen molar-refractivity contribution in [2.24, 2.45) is 0 Å². The molecule has 0 N–H and O–H groups in total. The molecule has 2 aliphatic carbocycles. The van der Waals surface area contributed by atoms with Gasteiger partial charge in [0, 0.05) is 26.1 Å². The Morgan fingerprint density at radius 2 is 0.720 bits per heavy atom. The van der Waals surface area contributed by atoms with Gasteiger partial charge in [-0.15, -0.1) is 0 Å². The maximum atomic E-state index is 11.0. The second kappa shape index (κ2) is 19.9. The van der Waals surface area contributed by atoms with Gasteiger partial charge in [-0.3, -0.25) is 4.79 Å². The minimum atomic E-state index is 0. The van der Waals surface area contributed by atoms with Crippen LogP contribution in [0.1, 0.15) is 129 Å². The molecule has 2 nitrogen and oxygen atoms in total. The molecule has 1 aliphatic heterocycles. The lowest BCUT2D eigenvalue weighted by Crippen LogP contribution is -1.95. The molecule has 0 radical (unpaired) electrons. The van der Waals surface area contributed by atoms with Crippen LogP contribution in [-0.2, 0) is 9.53 Å². The molecule has 0 aromatic carbocycles. The van der Waals surface area contributed by atoms with Crippen LogP contribution < -0.4 is 0 Å². The predicted molar refractivity (Wildman–Crippen MR) is 110 cm³/mol. The third kappa shape index (κ3) is 18.2. The Balaban J connectivity index is 0.000000355. The van der Waals surface area contributed by atoms with E-state index in [0.717, 1.165) is 38.9 Å². The van der Waals surface area contributed by atoms with Crippen LogP contribution in [0.4, 0.5) is 0 Å². The number of rotatable bonds is 0. The van der Waals surface area contributed by atoms with Crippen LogP contribution in [0.5, 0.6) is 0 Å². The summed E-state index contributed by atoms with van der Waals surface area (Å²) in [6.45, 7) is 2.00. The average Bonchev–Trinajstić information content (AvgIpc) is 3.22. The van der Waals surface area contributed by atoms with Crippen LogP contribution in [0.3, 0.4) is 0 Å². The Labute approximate surface area is 158 Å². The van der Waals surface area contributed by atoms with Crippen molar-refractivity contribution in [2.45, 2.75) is 129 Å². The summed E-state index contributed by atoms with van der Waals surface area (Å²) in [4.78, 5) is 11.0. The zero-order chi connectivity index (χ0) is 17.1. The smallest absolute Gasteiger partial charge is 0.132 e. The minimum absolute atomic E-state index is 0. The lowest BCUT2D eigenvalue weighted by atomic mass is 10.1. The van der Waals surface area contributed by atoms with Crippen molar-refractivity contribution in [2.75, 3.05) is 13.2 Å². The maximum absolute atomic E-state index is 11.0. The number of Topliss-reactive ketones (excluding diaryl/α,β-unsaturated/α-hetero) is 1. The molecule has 2 saturated carbocycles. The van der Waals surface area contributed by atoms with Gasteiger partial charge < -0.3 is 4.74 Å². The highest BCUT2D eigenvalue weighted by atomic mass is 16.5. The van der Waals surface area contributed by atoms with Gasteiger partial charge in [-0.05, 0) is 25.7 Å². The Hall–Kier alpha value is -0.370. The molecule has 3 fully saturated rings. The van der Waals surface area contributed by atoms with Crippen molar-refractivity contribution in [1.82, 2.24) is 0 Å². The van der Waals surface area contributed by atoms with Gasteiger partial charge in [0.2, 0.25) is 0 Å². The topological polar surface area (TPSA) is 26.3 Å².